The number of carbonyl (C=O) groups excluding carboxylic acids is 2. The Bertz CT molecular complexity index is 697. The summed E-state index contributed by atoms with van der Waals surface area (Å²) in [6.45, 7) is 3.38. The molecule has 0 saturated heterocycles. The van der Waals surface area contributed by atoms with Crippen molar-refractivity contribution >= 4 is 17.4 Å². The van der Waals surface area contributed by atoms with Gasteiger partial charge in [-0.25, -0.2) is 5.48 Å². The second-order valence-electron chi connectivity index (χ2n) is 6.64. The fourth-order valence-corrected chi connectivity index (χ4v) is 3.20. The Labute approximate surface area is 153 Å². The molecule has 26 heavy (non-hydrogen) atoms. The minimum absolute atomic E-state index is 0.339. The number of hydrogen-bond donors (Lipinski definition) is 4. The number of allylic oxidation sites excluding steroid dienone is 3. The molecule has 1 unspecified atom stereocenters. The summed E-state index contributed by atoms with van der Waals surface area (Å²) in [6, 6.07) is 8.69. The molecule has 0 radical (unpaired) electrons. The van der Waals surface area contributed by atoms with Gasteiger partial charge in [-0.1, -0.05) is 61.9 Å². The van der Waals surface area contributed by atoms with Crippen LogP contribution in [0, 0.1) is 5.41 Å². The Morgan fingerprint density at radius 1 is 1.27 bits per heavy atom. The number of amides is 2. The third-order valence-electron chi connectivity index (χ3n) is 4.69. The van der Waals surface area contributed by atoms with Gasteiger partial charge in [-0.15, -0.1) is 0 Å². The van der Waals surface area contributed by atoms with Gasteiger partial charge in [0, 0.05) is 0 Å². The third kappa shape index (κ3) is 4.39. The van der Waals surface area contributed by atoms with E-state index in [1.165, 1.54) is 12.4 Å². The predicted octanol–water partition coefficient (Wildman–Crippen LogP) is 2.19. The molecular formula is C20H26N2O4. The van der Waals surface area contributed by atoms with Crippen molar-refractivity contribution in [2.45, 2.75) is 45.3 Å². The first-order valence-electron chi connectivity index (χ1n) is 8.81. The molecule has 6 nitrogen and oxygen atoms in total. The van der Waals surface area contributed by atoms with E-state index in [1.54, 1.807) is 0 Å². The Morgan fingerprint density at radius 3 is 2.46 bits per heavy atom. The Morgan fingerprint density at radius 2 is 1.96 bits per heavy atom. The average molecular weight is 358 g/mol. The van der Waals surface area contributed by atoms with Gasteiger partial charge >= 0.3 is 0 Å². The number of aliphatic hydroxyl groups excluding tert-OH is 1. The van der Waals surface area contributed by atoms with Crippen LogP contribution in [0.25, 0.3) is 5.57 Å². The molecule has 2 amide bonds. The largest absolute Gasteiger partial charge is 0.391 e. The molecule has 2 rings (SSSR count). The lowest BCUT2D eigenvalue weighted by molar-refractivity contribution is -0.140. The molecule has 0 aromatic heterocycles. The van der Waals surface area contributed by atoms with Crippen LogP contribution in [0.15, 0.2) is 48.6 Å². The maximum atomic E-state index is 12.9. The van der Waals surface area contributed by atoms with Crippen LogP contribution in [0.2, 0.25) is 0 Å². The number of benzene rings is 1. The van der Waals surface area contributed by atoms with Crippen LogP contribution in [-0.4, -0.2) is 34.3 Å². The average Bonchev–Trinajstić information content (AvgIpc) is 2.66. The molecule has 1 aromatic rings. The fourth-order valence-electron chi connectivity index (χ4n) is 3.20. The van der Waals surface area contributed by atoms with E-state index >= 15 is 0 Å². The fraction of sp³-hybridized carbons (Fsp3) is 0.400. The summed E-state index contributed by atoms with van der Waals surface area (Å²) in [7, 11) is 0. The molecule has 0 aliphatic heterocycles. The Hall–Kier alpha value is -2.44. The lowest BCUT2D eigenvalue weighted by atomic mass is 9.75. The van der Waals surface area contributed by atoms with E-state index in [0.29, 0.717) is 12.8 Å². The van der Waals surface area contributed by atoms with Gasteiger partial charge in [0.1, 0.15) is 6.04 Å². The highest BCUT2D eigenvalue weighted by Crippen LogP contribution is 2.37. The number of nitrogens with one attached hydrogen (secondary N) is 2. The van der Waals surface area contributed by atoms with Crippen molar-refractivity contribution in [2.75, 3.05) is 0 Å². The van der Waals surface area contributed by atoms with Crippen LogP contribution >= 0.6 is 0 Å². The van der Waals surface area contributed by atoms with E-state index in [4.69, 9.17) is 5.21 Å². The van der Waals surface area contributed by atoms with Gasteiger partial charge < -0.3 is 10.4 Å². The summed E-state index contributed by atoms with van der Waals surface area (Å²) in [5.74, 6) is -1.19. The number of carbonyl (C=O) groups is 2. The highest BCUT2D eigenvalue weighted by atomic mass is 16.5. The topological polar surface area (TPSA) is 98.7 Å². The lowest BCUT2D eigenvalue weighted by Gasteiger charge is -2.33. The predicted molar refractivity (Wildman–Crippen MR) is 99.1 cm³/mol. The van der Waals surface area contributed by atoms with E-state index in [2.05, 4.69) is 5.32 Å². The Kier molecular flexibility index (Phi) is 6.71. The summed E-state index contributed by atoms with van der Waals surface area (Å²) in [5, 5.41) is 21.1. The van der Waals surface area contributed by atoms with Gasteiger partial charge in [-0.05, 0) is 30.9 Å². The van der Waals surface area contributed by atoms with E-state index in [1.807, 2.05) is 55.5 Å². The quantitative estimate of drug-likeness (QED) is 0.443. The van der Waals surface area contributed by atoms with Gasteiger partial charge in [0.2, 0.25) is 5.91 Å². The summed E-state index contributed by atoms with van der Waals surface area (Å²) in [4.78, 5) is 24.6. The monoisotopic (exact) mass is 358 g/mol. The molecule has 1 aliphatic carbocycles. The Balaban J connectivity index is 2.21. The van der Waals surface area contributed by atoms with Crippen molar-refractivity contribution in [2.24, 2.45) is 5.41 Å². The van der Waals surface area contributed by atoms with Gasteiger partial charge in [0.05, 0.1) is 11.5 Å². The SMILES string of the molecule is CCCC1(C(=O)N[C@@H](C(=O)NO)[C@H](C)O)C=CC(c2ccccc2)=CC1. The third-order valence-corrected chi connectivity index (χ3v) is 4.69. The minimum Gasteiger partial charge on any atom is -0.391 e. The van der Waals surface area contributed by atoms with Gasteiger partial charge in [-0.2, -0.15) is 0 Å². The minimum atomic E-state index is -1.21. The van der Waals surface area contributed by atoms with Crippen molar-refractivity contribution in [3.05, 3.63) is 54.1 Å². The molecule has 4 N–H and O–H groups in total. The van der Waals surface area contributed by atoms with Crippen LogP contribution < -0.4 is 10.8 Å². The van der Waals surface area contributed by atoms with Crippen LogP contribution in [0.5, 0.6) is 0 Å². The van der Waals surface area contributed by atoms with Crippen molar-refractivity contribution in [1.82, 2.24) is 10.8 Å². The number of aliphatic hydroxyl groups is 1. The summed E-state index contributed by atoms with van der Waals surface area (Å²) in [6.07, 6.45) is 6.60. The second kappa shape index (κ2) is 8.78. The van der Waals surface area contributed by atoms with Crippen LogP contribution in [0.3, 0.4) is 0 Å². The van der Waals surface area contributed by atoms with E-state index < -0.39 is 23.5 Å². The zero-order chi connectivity index (χ0) is 19.2. The normalized spacial score (nSPS) is 21.5. The van der Waals surface area contributed by atoms with Crippen LogP contribution in [0.1, 0.15) is 38.7 Å². The maximum absolute atomic E-state index is 12.9. The molecule has 140 valence electrons. The highest BCUT2D eigenvalue weighted by Gasteiger charge is 2.38. The first-order chi connectivity index (χ1) is 12.4. The number of hydroxylamine groups is 1. The van der Waals surface area contributed by atoms with Crippen LogP contribution in [0.4, 0.5) is 0 Å². The highest BCUT2D eigenvalue weighted by molar-refractivity contribution is 5.92. The van der Waals surface area contributed by atoms with Gasteiger partial charge in [0.15, 0.2) is 0 Å². The van der Waals surface area contributed by atoms with E-state index in [9.17, 15) is 14.7 Å². The van der Waals surface area contributed by atoms with Crippen molar-refractivity contribution in [1.29, 1.82) is 0 Å². The molecule has 1 aromatic carbocycles. The van der Waals surface area contributed by atoms with Crippen molar-refractivity contribution in [3.63, 3.8) is 0 Å². The lowest BCUT2D eigenvalue weighted by Crippen LogP contribution is -2.55. The molecule has 0 bridgehead atoms. The molecule has 0 heterocycles. The molecule has 0 spiro atoms. The van der Waals surface area contributed by atoms with Crippen LogP contribution in [-0.2, 0) is 9.59 Å². The number of hydrogen-bond acceptors (Lipinski definition) is 4. The first kappa shape index (κ1) is 19.9. The zero-order valence-corrected chi connectivity index (χ0v) is 15.1. The molecule has 0 saturated carbocycles. The summed E-state index contributed by atoms with van der Waals surface area (Å²) in [5.41, 5.74) is 2.83. The molecule has 6 heteroatoms. The van der Waals surface area contributed by atoms with Gasteiger partial charge in [0.25, 0.3) is 5.91 Å². The summed E-state index contributed by atoms with van der Waals surface area (Å²) >= 11 is 0. The standard InChI is InChI=1S/C20H26N2O4/c1-3-11-20(19(25)21-17(14(2)23)18(24)22-26)12-9-16(10-13-20)15-7-5-4-6-8-15/h4-10,12,14,17,23,26H,3,11,13H2,1-2H3,(H,21,25)(H,22,24)/t14-,17+,20?/m0/s1. The smallest absolute Gasteiger partial charge is 0.268 e. The van der Waals surface area contributed by atoms with Gasteiger partial charge in [-0.3, -0.25) is 14.8 Å². The molecule has 1 aliphatic rings. The molecular weight excluding hydrogens is 332 g/mol. The molecule has 0 fully saturated rings. The maximum Gasteiger partial charge on any atom is 0.268 e. The molecule has 3 atom stereocenters. The first-order valence-corrected chi connectivity index (χ1v) is 8.81. The van der Waals surface area contributed by atoms with Crippen molar-refractivity contribution < 1.29 is 19.9 Å². The second-order valence-corrected chi connectivity index (χ2v) is 6.64. The number of rotatable bonds is 7. The van der Waals surface area contributed by atoms with E-state index in [-0.39, 0.29) is 5.91 Å². The van der Waals surface area contributed by atoms with E-state index in [0.717, 1.165) is 17.6 Å². The van der Waals surface area contributed by atoms with Crippen molar-refractivity contribution in [3.8, 4) is 0 Å². The summed E-state index contributed by atoms with van der Waals surface area (Å²) < 4.78 is 0. The zero-order valence-electron chi connectivity index (χ0n) is 15.1.